The van der Waals surface area contributed by atoms with Gasteiger partial charge in [-0.1, -0.05) is 32.9 Å². The number of nitriles is 1. The fourth-order valence-corrected chi connectivity index (χ4v) is 8.00. The molecule has 1 amide bonds. The van der Waals surface area contributed by atoms with Crippen LogP contribution in [0.25, 0.3) is 0 Å². The molecule has 0 aliphatic heterocycles. The second-order valence-electron chi connectivity index (χ2n) is 13.6. The minimum atomic E-state index is -2.02. The number of benzene rings is 1. The zero-order valence-electron chi connectivity index (χ0n) is 28.8. The van der Waals surface area contributed by atoms with Crippen molar-refractivity contribution in [2.45, 2.75) is 88.9 Å². The van der Waals surface area contributed by atoms with Crippen LogP contribution in [0, 0.1) is 11.3 Å². The number of likely N-dealkylation sites (N-methyl/N-ethyl adjacent to an activating group) is 1. The molecule has 3 aromatic rings. The minimum Gasteiger partial charge on any atom is -0.496 e. The number of carbonyl (C=O) groups is 2. The highest BCUT2D eigenvalue weighted by Gasteiger charge is 2.45. The topological polar surface area (TPSA) is 130 Å². The third kappa shape index (κ3) is 8.85. The predicted molar refractivity (Wildman–Crippen MR) is 191 cm³/mol. The van der Waals surface area contributed by atoms with Gasteiger partial charge in [0.05, 0.1) is 34.7 Å². The Labute approximate surface area is 292 Å². The molecule has 1 saturated carbocycles. The molecule has 2 aromatic heterocycles. The van der Waals surface area contributed by atoms with E-state index < -0.39 is 26.0 Å². The van der Waals surface area contributed by atoms with Gasteiger partial charge in [0, 0.05) is 24.2 Å². The van der Waals surface area contributed by atoms with Crippen LogP contribution in [0.2, 0.25) is 18.1 Å². The van der Waals surface area contributed by atoms with E-state index in [1.165, 1.54) is 22.7 Å². The maximum absolute atomic E-state index is 13.3. The summed E-state index contributed by atoms with van der Waals surface area (Å²) in [7, 11) is 1.50. The van der Waals surface area contributed by atoms with E-state index in [9.17, 15) is 20.0 Å². The molecular weight excluding hydrogens is 667 g/mol. The minimum absolute atomic E-state index is 0.0364. The highest BCUT2D eigenvalue weighted by Crippen LogP contribution is 2.39. The third-order valence-electron chi connectivity index (χ3n) is 9.44. The molecule has 13 heteroatoms. The maximum Gasteiger partial charge on any atom is 0.411 e. The summed E-state index contributed by atoms with van der Waals surface area (Å²) in [5, 5.41) is 27.7. The first kappa shape index (κ1) is 37.6. The first-order chi connectivity index (χ1) is 22.7. The molecule has 4 rings (SSSR count). The fourth-order valence-electron chi connectivity index (χ4n) is 5.34. The predicted octanol–water partition coefficient (Wildman–Crippen LogP) is 7.48. The van der Waals surface area contributed by atoms with Gasteiger partial charge in [-0.15, -0.1) is 22.7 Å². The number of nitrogens with one attached hydrogen (secondary N) is 1. The average Bonchev–Trinajstić information content (AvgIpc) is 3.79. The number of rotatable bonds is 13. The third-order valence-corrected chi connectivity index (χ3v) is 15.9. The van der Waals surface area contributed by atoms with Gasteiger partial charge < -0.3 is 28.6 Å². The highest BCUT2D eigenvalue weighted by molar-refractivity contribution is 7.12. The molecule has 2 N–H and O–H groups in total. The number of hydrogen-bond acceptors (Lipinski definition) is 11. The molecule has 0 saturated heterocycles. The normalized spacial score (nSPS) is 17.1. The molecule has 0 spiro atoms. The number of ether oxygens (including phenoxy) is 3. The molecule has 0 radical (unpaired) electrons. The average molecular weight is 714 g/mol. The van der Waals surface area contributed by atoms with Gasteiger partial charge >= 0.3 is 12.1 Å². The summed E-state index contributed by atoms with van der Waals surface area (Å²) < 4.78 is 23.2. The van der Waals surface area contributed by atoms with Gasteiger partial charge in [0.15, 0.2) is 8.32 Å². The van der Waals surface area contributed by atoms with Crippen LogP contribution in [0.1, 0.15) is 67.3 Å². The lowest BCUT2D eigenvalue weighted by Gasteiger charge is -2.36. The van der Waals surface area contributed by atoms with Crippen molar-refractivity contribution in [3.63, 3.8) is 0 Å². The number of hydrogen-bond donors (Lipinski definition) is 2. The number of nitrogens with zero attached hydrogens (tertiary/aromatic N) is 2. The molecule has 48 heavy (non-hydrogen) atoms. The summed E-state index contributed by atoms with van der Waals surface area (Å²) in [6.07, 6.45) is 1.99. The second-order valence-corrected chi connectivity index (χ2v) is 20.3. The van der Waals surface area contributed by atoms with Crippen LogP contribution >= 0.6 is 22.7 Å². The molecule has 1 fully saturated rings. The van der Waals surface area contributed by atoms with Crippen LogP contribution in [0.5, 0.6) is 5.75 Å². The van der Waals surface area contributed by atoms with E-state index in [1.807, 2.05) is 29.9 Å². The Morgan fingerprint density at radius 2 is 1.71 bits per heavy atom. The van der Waals surface area contributed by atoms with Crippen LogP contribution in [0.3, 0.4) is 0 Å². The summed E-state index contributed by atoms with van der Waals surface area (Å²) in [6.45, 7) is 11.8. The second kappa shape index (κ2) is 16.0. The quantitative estimate of drug-likeness (QED) is 0.137. The number of thiophene rings is 2. The van der Waals surface area contributed by atoms with Crippen molar-refractivity contribution < 1.29 is 33.3 Å². The SMILES string of the molecule is COc1cc(NC(=O)OCCN(C)[C@H]2CC[C@H](OC(=O)C(O)(c3cccs3)c3cccs3)CC2)c(C#N)cc1CO[Si](C)(C)C(C)(C)C. The lowest BCUT2D eigenvalue weighted by Crippen LogP contribution is -2.42. The largest absolute Gasteiger partial charge is 0.496 e. The standard InChI is InChI=1S/C35H47N3O7S2Si/c1-34(2,3)48(6,7)44-23-25-20-24(22-36)28(21-29(25)42-5)37-33(40)43-17-16-38(4)26-12-14-27(15-13-26)45-32(39)35(41,30-10-8-18-46-30)31-11-9-19-47-31/h8-11,18-21,26-27,41H,12-17,23H2,1-7H3,(H,37,40)/t26-,27-. The molecule has 0 bridgehead atoms. The van der Waals surface area contributed by atoms with Crippen molar-refractivity contribution in [3.05, 3.63) is 68.0 Å². The summed E-state index contributed by atoms with van der Waals surface area (Å²) in [6, 6.07) is 12.8. The zero-order chi connectivity index (χ0) is 35.1. The summed E-state index contributed by atoms with van der Waals surface area (Å²) in [5.74, 6) is -0.123. The first-order valence-electron chi connectivity index (χ1n) is 16.1. The first-order valence-corrected chi connectivity index (χ1v) is 20.8. The Morgan fingerprint density at radius 3 is 2.23 bits per heavy atom. The van der Waals surface area contributed by atoms with Crippen LogP contribution in [0.4, 0.5) is 10.5 Å². The Kier molecular flexibility index (Phi) is 12.5. The van der Waals surface area contributed by atoms with E-state index in [1.54, 1.807) is 31.4 Å². The smallest absolute Gasteiger partial charge is 0.411 e. The Balaban J connectivity index is 1.25. The molecule has 10 nitrogen and oxygen atoms in total. The maximum atomic E-state index is 13.3. The van der Waals surface area contributed by atoms with Crippen molar-refractivity contribution in [2.75, 3.05) is 32.6 Å². The number of carbonyl (C=O) groups excluding carboxylic acids is 2. The van der Waals surface area contributed by atoms with Gasteiger partial charge in [0.25, 0.3) is 0 Å². The summed E-state index contributed by atoms with van der Waals surface area (Å²) in [4.78, 5) is 29.2. The molecule has 0 unspecified atom stereocenters. The van der Waals surface area contributed by atoms with Crippen LogP contribution in [-0.2, 0) is 30.9 Å². The van der Waals surface area contributed by atoms with E-state index in [0.717, 1.165) is 18.4 Å². The van der Waals surface area contributed by atoms with Crippen LogP contribution in [0.15, 0.2) is 47.2 Å². The fraction of sp³-hybridized carbons (Fsp3) is 0.514. The number of esters is 1. The zero-order valence-corrected chi connectivity index (χ0v) is 31.5. The Morgan fingerprint density at radius 1 is 1.08 bits per heavy atom. The van der Waals surface area contributed by atoms with Gasteiger partial charge in [0.2, 0.25) is 5.60 Å². The molecule has 1 aliphatic rings. The lowest BCUT2D eigenvalue weighted by molar-refractivity contribution is -0.169. The molecular formula is C35H47N3O7S2Si. The lowest BCUT2D eigenvalue weighted by atomic mass is 9.91. The van der Waals surface area contributed by atoms with Crippen molar-refractivity contribution in [1.82, 2.24) is 4.90 Å². The van der Waals surface area contributed by atoms with Gasteiger partial charge in [-0.25, -0.2) is 9.59 Å². The van der Waals surface area contributed by atoms with E-state index >= 15 is 0 Å². The van der Waals surface area contributed by atoms with Crippen molar-refractivity contribution in [3.8, 4) is 11.8 Å². The molecule has 1 aliphatic carbocycles. The van der Waals surface area contributed by atoms with Gasteiger partial charge in [-0.3, -0.25) is 5.32 Å². The van der Waals surface area contributed by atoms with Crippen molar-refractivity contribution >= 4 is 48.7 Å². The van der Waals surface area contributed by atoms with Gasteiger partial charge in [0.1, 0.15) is 24.5 Å². The molecule has 260 valence electrons. The molecule has 0 atom stereocenters. The number of methoxy groups -OCH3 is 1. The molecule has 1 aromatic carbocycles. The summed E-state index contributed by atoms with van der Waals surface area (Å²) >= 11 is 2.65. The van der Waals surface area contributed by atoms with Crippen LogP contribution < -0.4 is 10.1 Å². The van der Waals surface area contributed by atoms with Crippen LogP contribution in [-0.4, -0.2) is 69.8 Å². The van der Waals surface area contributed by atoms with Gasteiger partial charge in [-0.05, 0) is 79.8 Å². The van der Waals surface area contributed by atoms with Crippen molar-refractivity contribution in [1.29, 1.82) is 5.26 Å². The van der Waals surface area contributed by atoms with E-state index in [0.29, 0.717) is 52.7 Å². The van der Waals surface area contributed by atoms with E-state index in [-0.39, 0.29) is 23.8 Å². The Hall–Kier alpha value is -3.25. The summed E-state index contributed by atoms with van der Waals surface area (Å²) in [5.41, 5.74) is -0.472. The molecule has 2 heterocycles. The van der Waals surface area contributed by atoms with E-state index in [4.69, 9.17) is 18.6 Å². The van der Waals surface area contributed by atoms with Crippen molar-refractivity contribution in [2.24, 2.45) is 0 Å². The highest BCUT2D eigenvalue weighted by atomic mass is 32.1. The monoisotopic (exact) mass is 713 g/mol. The number of amides is 1. The number of aliphatic hydroxyl groups is 1. The van der Waals surface area contributed by atoms with E-state index in [2.05, 4.69) is 50.2 Å². The van der Waals surface area contributed by atoms with Gasteiger partial charge in [-0.2, -0.15) is 5.26 Å². The Bertz CT molecular complexity index is 1520. The number of anilines is 1.